The molecule has 0 spiro atoms. The van der Waals surface area contributed by atoms with Gasteiger partial charge in [0.05, 0.1) is 18.4 Å². The van der Waals surface area contributed by atoms with Gasteiger partial charge in [-0.1, -0.05) is 30.0 Å². The average Bonchev–Trinajstić information content (AvgIpc) is 3.40. The van der Waals surface area contributed by atoms with Crippen molar-refractivity contribution in [2.75, 3.05) is 7.11 Å². The second-order valence-electron chi connectivity index (χ2n) is 6.35. The van der Waals surface area contributed by atoms with Gasteiger partial charge in [-0.25, -0.2) is 9.37 Å². The Hall–Kier alpha value is -2.97. The van der Waals surface area contributed by atoms with Crippen LogP contribution in [0, 0.1) is 5.82 Å². The maximum atomic E-state index is 14.2. The SMILES string of the molecule is C=CCn1c(SCc2csc(-c3ccc(OC)cc3)n2)nnc1-c1ccccc1F. The van der Waals surface area contributed by atoms with E-state index in [4.69, 9.17) is 9.72 Å². The molecule has 0 aliphatic rings. The van der Waals surface area contributed by atoms with Gasteiger partial charge in [0.25, 0.3) is 0 Å². The largest absolute Gasteiger partial charge is 0.497 e. The van der Waals surface area contributed by atoms with Gasteiger partial charge in [-0.2, -0.15) is 0 Å². The number of methoxy groups -OCH3 is 1. The lowest BCUT2D eigenvalue weighted by Gasteiger charge is -2.07. The summed E-state index contributed by atoms with van der Waals surface area (Å²) in [4.78, 5) is 4.73. The molecule has 2 heterocycles. The second kappa shape index (κ2) is 9.23. The zero-order valence-corrected chi connectivity index (χ0v) is 17.9. The molecule has 0 fully saturated rings. The summed E-state index contributed by atoms with van der Waals surface area (Å²) in [5, 5.41) is 12.2. The number of halogens is 1. The standard InChI is InChI=1S/C22H19FN4OS2/c1-3-12-27-20(18-6-4-5-7-19(18)23)25-26-22(27)30-14-16-13-29-21(24-16)15-8-10-17(28-2)11-9-15/h3-11,13H,1,12,14H2,2H3. The number of nitrogens with zero attached hydrogens (tertiary/aromatic N) is 4. The Labute approximate surface area is 182 Å². The molecule has 152 valence electrons. The third-order valence-electron chi connectivity index (χ3n) is 4.38. The quantitative estimate of drug-likeness (QED) is 0.261. The topological polar surface area (TPSA) is 52.8 Å². The van der Waals surface area contributed by atoms with E-state index in [9.17, 15) is 4.39 Å². The lowest BCUT2D eigenvalue weighted by atomic mass is 10.2. The maximum absolute atomic E-state index is 14.2. The summed E-state index contributed by atoms with van der Waals surface area (Å²) >= 11 is 3.12. The van der Waals surface area contributed by atoms with Crippen molar-refractivity contribution in [2.45, 2.75) is 17.5 Å². The minimum atomic E-state index is -0.324. The number of aromatic nitrogens is 4. The number of benzene rings is 2. The smallest absolute Gasteiger partial charge is 0.192 e. The van der Waals surface area contributed by atoms with E-state index in [1.807, 2.05) is 34.2 Å². The molecule has 5 nitrogen and oxygen atoms in total. The Morgan fingerprint density at radius 3 is 2.70 bits per heavy atom. The molecule has 0 aliphatic carbocycles. The summed E-state index contributed by atoms with van der Waals surface area (Å²) in [7, 11) is 1.65. The first-order valence-corrected chi connectivity index (χ1v) is 11.1. The molecular formula is C22H19FN4OS2. The number of ether oxygens (including phenoxy) is 1. The average molecular weight is 439 g/mol. The summed E-state index contributed by atoms with van der Waals surface area (Å²) in [6.07, 6.45) is 1.75. The highest BCUT2D eigenvalue weighted by Crippen LogP contribution is 2.30. The first-order chi connectivity index (χ1) is 14.7. The molecule has 4 aromatic rings. The van der Waals surface area contributed by atoms with Crippen molar-refractivity contribution in [3.63, 3.8) is 0 Å². The minimum Gasteiger partial charge on any atom is -0.497 e. The maximum Gasteiger partial charge on any atom is 0.192 e. The molecule has 4 rings (SSSR count). The zero-order valence-electron chi connectivity index (χ0n) is 16.3. The van der Waals surface area contributed by atoms with E-state index in [1.165, 1.54) is 17.8 Å². The van der Waals surface area contributed by atoms with Gasteiger partial charge >= 0.3 is 0 Å². The van der Waals surface area contributed by atoms with Crippen LogP contribution < -0.4 is 4.74 Å². The van der Waals surface area contributed by atoms with Crippen molar-refractivity contribution in [3.05, 3.63) is 78.1 Å². The Bertz CT molecular complexity index is 1150. The molecule has 0 atom stereocenters. The van der Waals surface area contributed by atoms with E-state index in [1.54, 1.807) is 42.7 Å². The first-order valence-electron chi connectivity index (χ1n) is 9.20. The van der Waals surface area contributed by atoms with Crippen LogP contribution in [0.5, 0.6) is 5.75 Å². The highest BCUT2D eigenvalue weighted by molar-refractivity contribution is 7.98. The number of thiazole rings is 1. The van der Waals surface area contributed by atoms with Gasteiger partial charge in [0.1, 0.15) is 16.6 Å². The van der Waals surface area contributed by atoms with E-state index < -0.39 is 0 Å². The van der Waals surface area contributed by atoms with Gasteiger partial charge in [0, 0.05) is 23.2 Å². The van der Waals surface area contributed by atoms with Crippen LogP contribution in [0.3, 0.4) is 0 Å². The fourth-order valence-electron chi connectivity index (χ4n) is 2.91. The van der Waals surface area contributed by atoms with E-state index >= 15 is 0 Å². The lowest BCUT2D eigenvalue weighted by molar-refractivity contribution is 0.415. The van der Waals surface area contributed by atoms with Crippen LogP contribution in [0.1, 0.15) is 5.69 Å². The first kappa shape index (κ1) is 20.3. The predicted molar refractivity (Wildman–Crippen MR) is 119 cm³/mol. The fraction of sp³-hybridized carbons (Fsp3) is 0.136. The number of hydrogen-bond donors (Lipinski definition) is 0. The van der Waals surface area contributed by atoms with Crippen LogP contribution in [0.15, 0.2) is 71.7 Å². The monoisotopic (exact) mass is 438 g/mol. The number of rotatable bonds is 8. The Morgan fingerprint density at radius 2 is 1.97 bits per heavy atom. The number of hydrogen-bond acceptors (Lipinski definition) is 6. The van der Waals surface area contributed by atoms with Gasteiger partial charge in [0.2, 0.25) is 0 Å². The molecule has 0 amide bonds. The van der Waals surface area contributed by atoms with Crippen LogP contribution in [-0.2, 0) is 12.3 Å². The third-order valence-corrected chi connectivity index (χ3v) is 6.32. The van der Waals surface area contributed by atoms with Gasteiger partial charge in [-0.15, -0.1) is 28.1 Å². The molecule has 0 saturated carbocycles. The van der Waals surface area contributed by atoms with Crippen molar-refractivity contribution in [1.29, 1.82) is 0 Å². The van der Waals surface area contributed by atoms with E-state index in [0.717, 1.165) is 22.0 Å². The van der Waals surface area contributed by atoms with E-state index in [2.05, 4.69) is 16.8 Å². The van der Waals surface area contributed by atoms with Crippen LogP contribution in [-0.4, -0.2) is 26.9 Å². The molecular weight excluding hydrogens is 419 g/mol. The summed E-state index contributed by atoms with van der Waals surface area (Å²) in [6, 6.07) is 14.4. The molecule has 30 heavy (non-hydrogen) atoms. The van der Waals surface area contributed by atoms with Crippen LogP contribution in [0.2, 0.25) is 0 Å². The molecule has 0 saturated heterocycles. The summed E-state index contributed by atoms with van der Waals surface area (Å²) < 4.78 is 21.3. The highest BCUT2D eigenvalue weighted by Gasteiger charge is 2.17. The number of allylic oxidation sites excluding steroid dienone is 1. The second-order valence-corrected chi connectivity index (χ2v) is 8.15. The third kappa shape index (κ3) is 4.29. The molecule has 0 radical (unpaired) electrons. The zero-order chi connectivity index (χ0) is 20.9. The van der Waals surface area contributed by atoms with Crippen LogP contribution in [0.25, 0.3) is 22.0 Å². The molecule has 2 aromatic heterocycles. The molecule has 0 aliphatic heterocycles. The van der Waals surface area contributed by atoms with E-state index in [0.29, 0.717) is 28.8 Å². The summed E-state index contributed by atoms with van der Waals surface area (Å²) in [5.41, 5.74) is 2.43. The van der Waals surface area contributed by atoms with Crippen LogP contribution >= 0.6 is 23.1 Å². The van der Waals surface area contributed by atoms with Gasteiger partial charge in [-0.05, 0) is 36.4 Å². The summed E-state index contributed by atoms with van der Waals surface area (Å²) in [6.45, 7) is 4.30. The van der Waals surface area contributed by atoms with E-state index in [-0.39, 0.29) is 5.82 Å². The Kier molecular flexibility index (Phi) is 6.25. The molecule has 2 aromatic carbocycles. The van der Waals surface area contributed by atoms with Gasteiger partial charge in [0.15, 0.2) is 11.0 Å². The summed E-state index contributed by atoms with van der Waals surface area (Å²) in [5.74, 6) is 1.63. The molecule has 0 N–H and O–H groups in total. The highest BCUT2D eigenvalue weighted by atomic mass is 32.2. The predicted octanol–water partition coefficient (Wildman–Crippen LogP) is 5.69. The van der Waals surface area contributed by atoms with Crippen molar-refractivity contribution < 1.29 is 9.13 Å². The van der Waals surface area contributed by atoms with Crippen molar-refractivity contribution >= 4 is 23.1 Å². The van der Waals surface area contributed by atoms with Gasteiger partial charge in [-0.3, -0.25) is 4.57 Å². The normalized spacial score (nSPS) is 10.9. The van der Waals surface area contributed by atoms with Gasteiger partial charge < -0.3 is 4.74 Å². The Morgan fingerprint density at radius 1 is 1.17 bits per heavy atom. The fourth-order valence-corrected chi connectivity index (χ4v) is 4.68. The van der Waals surface area contributed by atoms with Crippen LogP contribution in [0.4, 0.5) is 4.39 Å². The van der Waals surface area contributed by atoms with Crippen molar-refractivity contribution in [1.82, 2.24) is 19.7 Å². The Balaban J connectivity index is 1.52. The lowest BCUT2D eigenvalue weighted by Crippen LogP contribution is -2.01. The number of thioether (sulfide) groups is 1. The molecule has 0 bridgehead atoms. The minimum absolute atomic E-state index is 0.324. The van der Waals surface area contributed by atoms with Crippen molar-refractivity contribution in [2.24, 2.45) is 0 Å². The molecule has 8 heteroatoms. The van der Waals surface area contributed by atoms with Crippen molar-refractivity contribution in [3.8, 4) is 27.7 Å². The molecule has 0 unspecified atom stereocenters.